The van der Waals surface area contributed by atoms with Gasteiger partial charge >= 0.3 is 0 Å². The van der Waals surface area contributed by atoms with Gasteiger partial charge < -0.3 is 4.42 Å². The Hall–Kier alpha value is -0.760. The molecular formula is C15H17BrO. The van der Waals surface area contributed by atoms with Gasteiger partial charge in [0.15, 0.2) is 0 Å². The number of halogens is 1. The normalized spacial score (nSPS) is 25.9. The molecule has 1 aliphatic rings. The van der Waals surface area contributed by atoms with Crippen LogP contribution in [0.1, 0.15) is 43.8 Å². The molecule has 1 fully saturated rings. The first-order valence-corrected chi connectivity index (χ1v) is 7.39. The van der Waals surface area contributed by atoms with Crippen molar-refractivity contribution >= 4 is 26.9 Å². The molecule has 2 atom stereocenters. The highest BCUT2D eigenvalue weighted by Crippen LogP contribution is 2.38. The first-order chi connectivity index (χ1) is 8.34. The molecular weight excluding hydrogens is 276 g/mol. The van der Waals surface area contributed by atoms with Crippen LogP contribution in [0.5, 0.6) is 0 Å². The van der Waals surface area contributed by atoms with Gasteiger partial charge in [0.25, 0.3) is 0 Å². The lowest BCUT2D eigenvalue weighted by molar-refractivity contribution is 0.465. The van der Waals surface area contributed by atoms with Crippen molar-refractivity contribution in [3.8, 4) is 0 Å². The quantitative estimate of drug-likeness (QED) is 0.517. The lowest BCUT2D eigenvalue weighted by Crippen LogP contribution is -2.09. The fraction of sp³-hybridized carbons (Fsp3) is 0.467. The van der Waals surface area contributed by atoms with Crippen LogP contribution in [0, 0.1) is 0 Å². The highest BCUT2D eigenvalue weighted by Gasteiger charge is 2.25. The van der Waals surface area contributed by atoms with Gasteiger partial charge in [-0.1, -0.05) is 53.4 Å². The minimum atomic E-state index is 0.546. The van der Waals surface area contributed by atoms with Crippen molar-refractivity contribution in [2.24, 2.45) is 0 Å². The fourth-order valence-electron chi connectivity index (χ4n) is 2.77. The van der Waals surface area contributed by atoms with E-state index in [2.05, 4.69) is 40.2 Å². The average molecular weight is 293 g/mol. The summed E-state index contributed by atoms with van der Waals surface area (Å²) >= 11 is 3.84. The van der Waals surface area contributed by atoms with Crippen LogP contribution in [0.3, 0.4) is 0 Å². The van der Waals surface area contributed by atoms with Gasteiger partial charge in [0.2, 0.25) is 0 Å². The van der Waals surface area contributed by atoms with E-state index in [0.29, 0.717) is 10.7 Å². The predicted octanol–water partition coefficient (Wildman–Crippen LogP) is 5.24. The predicted molar refractivity (Wildman–Crippen MR) is 74.8 cm³/mol. The number of rotatable bonds is 1. The van der Waals surface area contributed by atoms with Crippen LogP contribution in [0.15, 0.2) is 34.7 Å². The summed E-state index contributed by atoms with van der Waals surface area (Å²) in [5, 5.41) is 1.23. The van der Waals surface area contributed by atoms with E-state index in [1.807, 2.05) is 6.07 Å². The molecule has 1 aromatic carbocycles. The Labute approximate surface area is 110 Å². The molecule has 0 spiro atoms. The molecule has 0 saturated heterocycles. The number of benzene rings is 1. The summed E-state index contributed by atoms with van der Waals surface area (Å²) < 4.78 is 6.00. The third-order valence-electron chi connectivity index (χ3n) is 3.74. The molecule has 1 aliphatic carbocycles. The van der Waals surface area contributed by atoms with Crippen molar-refractivity contribution in [2.75, 3.05) is 0 Å². The third-order valence-corrected chi connectivity index (χ3v) is 4.84. The molecule has 90 valence electrons. The van der Waals surface area contributed by atoms with Crippen molar-refractivity contribution in [3.63, 3.8) is 0 Å². The second-order valence-electron chi connectivity index (χ2n) is 4.95. The summed E-state index contributed by atoms with van der Waals surface area (Å²) in [6.07, 6.45) is 6.53. The molecule has 2 heteroatoms. The Kier molecular flexibility index (Phi) is 3.24. The van der Waals surface area contributed by atoms with Crippen LogP contribution >= 0.6 is 15.9 Å². The summed E-state index contributed by atoms with van der Waals surface area (Å²) in [5.74, 6) is 1.71. The van der Waals surface area contributed by atoms with Crippen LogP contribution in [0.25, 0.3) is 11.0 Å². The van der Waals surface area contributed by atoms with Gasteiger partial charge in [0, 0.05) is 16.1 Å². The average Bonchev–Trinajstić information content (AvgIpc) is 2.65. The summed E-state index contributed by atoms with van der Waals surface area (Å²) in [5.41, 5.74) is 1.02. The van der Waals surface area contributed by atoms with E-state index in [9.17, 15) is 0 Å². The second-order valence-corrected chi connectivity index (χ2v) is 6.12. The number of furan rings is 1. The van der Waals surface area contributed by atoms with Gasteiger partial charge in [0.1, 0.15) is 11.3 Å². The van der Waals surface area contributed by atoms with Crippen LogP contribution < -0.4 is 0 Å². The van der Waals surface area contributed by atoms with E-state index in [4.69, 9.17) is 4.42 Å². The molecule has 0 radical (unpaired) electrons. The molecule has 0 N–H and O–H groups in total. The fourth-order valence-corrected chi connectivity index (χ4v) is 3.62. The van der Waals surface area contributed by atoms with Crippen molar-refractivity contribution in [1.82, 2.24) is 0 Å². The minimum absolute atomic E-state index is 0.546. The Balaban J connectivity index is 1.95. The lowest BCUT2D eigenvalue weighted by Gasteiger charge is -2.16. The SMILES string of the molecule is BrC1CCCCCC1c1cc2ccccc2o1. The third kappa shape index (κ3) is 2.28. The van der Waals surface area contributed by atoms with E-state index in [1.165, 1.54) is 37.5 Å². The zero-order chi connectivity index (χ0) is 11.7. The highest BCUT2D eigenvalue weighted by molar-refractivity contribution is 9.09. The molecule has 1 nitrogen and oxygen atoms in total. The minimum Gasteiger partial charge on any atom is -0.461 e. The van der Waals surface area contributed by atoms with Crippen molar-refractivity contribution in [1.29, 1.82) is 0 Å². The summed E-state index contributed by atoms with van der Waals surface area (Å²) in [6.45, 7) is 0. The largest absolute Gasteiger partial charge is 0.461 e. The molecule has 1 saturated carbocycles. The molecule has 0 bridgehead atoms. The number of para-hydroxylation sites is 1. The topological polar surface area (TPSA) is 13.1 Å². The molecule has 0 amide bonds. The monoisotopic (exact) mass is 292 g/mol. The number of hydrogen-bond acceptors (Lipinski definition) is 1. The molecule has 2 aromatic rings. The number of hydrogen-bond donors (Lipinski definition) is 0. The van der Waals surface area contributed by atoms with Crippen molar-refractivity contribution in [3.05, 3.63) is 36.1 Å². The highest BCUT2D eigenvalue weighted by atomic mass is 79.9. The van der Waals surface area contributed by atoms with E-state index in [0.717, 1.165) is 11.3 Å². The Morgan fingerprint density at radius 2 is 1.88 bits per heavy atom. The Morgan fingerprint density at radius 3 is 2.76 bits per heavy atom. The maximum Gasteiger partial charge on any atom is 0.134 e. The summed E-state index contributed by atoms with van der Waals surface area (Å²) in [6, 6.07) is 10.5. The molecule has 17 heavy (non-hydrogen) atoms. The maximum absolute atomic E-state index is 6.00. The molecule has 1 aromatic heterocycles. The van der Waals surface area contributed by atoms with Gasteiger partial charge in [-0.15, -0.1) is 0 Å². The molecule has 0 aliphatic heterocycles. The first-order valence-electron chi connectivity index (χ1n) is 6.47. The lowest BCUT2D eigenvalue weighted by atomic mass is 9.97. The van der Waals surface area contributed by atoms with Gasteiger partial charge in [0.05, 0.1) is 0 Å². The van der Waals surface area contributed by atoms with E-state index in [-0.39, 0.29) is 0 Å². The molecule has 2 unspecified atom stereocenters. The number of fused-ring (bicyclic) bond motifs is 1. The van der Waals surface area contributed by atoms with E-state index in [1.54, 1.807) is 0 Å². The van der Waals surface area contributed by atoms with Gasteiger partial charge in [-0.25, -0.2) is 0 Å². The van der Waals surface area contributed by atoms with Crippen LogP contribution in [-0.4, -0.2) is 4.83 Å². The summed E-state index contributed by atoms with van der Waals surface area (Å²) in [4.78, 5) is 0.575. The van der Waals surface area contributed by atoms with Crippen molar-refractivity contribution < 1.29 is 4.42 Å². The first kappa shape index (κ1) is 11.3. The Morgan fingerprint density at radius 1 is 1.06 bits per heavy atom. The smallest absolute Gasteiger partial charge is 0.134 e. The summed E-state index contributed by atoms with van der Waals surface area (Å²) in [7, 11) is 0. The zero-order valence-electron chi connectivity index (χ0n) is 9.86. The molecule has 3 rings (SSSR count). The maximum atomic E-state index is 6.00. The second kappa shape index (κ2) is 4.85. The standard InChI is InChI=1S/C15H17BrO/c16-13-8-3-1-2-7-12(13)15-10-11-6-4-5-9-14(11)17-15/h4-6,9-10,12-13H,1-3,7-8H2. The zero-order valence-corrected chi connectivity index (χ0v) is 11.4. The number of alkyl halides is 1. The van der Waals surface area contributed by atoms with Crippen molar-refractivity contribution in [2.45, 2.75) is 42.8 Å². The van der Waals surface area contributed by atoms with Crippen LogP contribution in [0.2, 0.25) is 0 Å². The van der Waals surface area contributed by atoms with E-state index < -0.39 is 0 Å². The van der Waals surface area contributed by atoms with Gasteiger partial charge in [-0.2, -0.15) is 0 Å². The van der Waals surface area contributed by atoms with Crippen LogP contribution in [-0.2, 0) is 0 Å². The van der Waals surface area contributed by atoms with E-state index >= 15 is 0 Å². The van der Waals surface area contributed by atoms with Gasteiger partial charge in [-0.3, -0.25) is 0 Å². The Bertz CT molecular complexity index is 469. The molecule has 1 heterocycles. The van der Waals surface area contributed by atoms with Crippen LogP contribution in [0.4, 0.5) is 0 Å². The van der Waals surface area contributed by atoms with Gasteiger partial charge in [-0.05, 0) is 25.0 Å².